The summed E-state index contributed by atoms with van der Waals surface area (Å²) in [5.74, 6) is 0.787. The number of hydrogen-bond donors (Lipinski definition) is 1. The molecule has 5 nitrogen and oxygen atoms in total. The lowest BCUT2D eigenvalue weighted by Gasteiger charge is -2.12. The fraction of sp³-hybridized carbons (Fsp3) is 0.857. The van der Waals surface area contributed by atoms with Gasteiger partial charge in [0, 0.05) is 0 Å². The van der Waals surface area contributed by atoms with Crippen LogP contribution in [0.2, 0.25) is 0 Å². The van der Waals surface area contributed by atoms with Crippen molar-refractivity contribution in [2.45, 2.75) is 38.3 Å². The van der Waals surface area contributed by atoms with Crippen molar-refractivity contribution < 1.29 is 0 Å². The van der Waals surface area contributed by atoms with Crippen molar-refractivity contribution in [2.75, 3.05) is 0 Å². The highest BCUT2D eigenvalue weighted by atomic mass is 15.6. The van der Waals surface area contributed by atoms with E-state index in [2.05, 4.69) is 22.4 Å². The number of nitrogens with zero attached hydrogens (tertiary/aromatic N) is 4. The normalized spacial score (nSPS) is 22.2. The lowest BCUT2D eigenvalue weighted by atomic mass is 10.3. The smallest absolute Gasteiger partial charge is 0.168 e. The minimum Gasteiger partial charge on any atom is -0.322 e. The van der Waals surface area contributed by atoms with Crippen LogP contribution >= 0.6 is 0 Å². The first-order valence-electron chi connectivity index (χ1n) is 4.18. The molecule has 0 radical (unpaired) electrons. The van der Waals surface area contributed by atoms with Gasteiger partial charge in [-0.2, -0.15) is 0 Å². The molecule has 1 aromatic heterocycles. The second-order valence-corrected chi connectivity index (χ2v) is 3.73. The molecule has 1 unspecified atom stereocenters. The highest BCUT2D eigenvalue weighted by molar-refractivity contribution is 5.01. The van der Waals surface area contributed by atoms with E-state index < -0.39 is 0 Å². The first-order valence-corrected chi connectivity index (χ1v) is 4.18. The van der Waals surface area contributed by atoms with E-state index in [1.165, 1.54) is 0 Å². The molecular weight excluding hydrogens is 154 g/mol. The first-order chi connectivity index (χ1) is 5.63. The van der Waals surface area contributed by atoms with Crippen molar-refractivity contribution in [1.29, 1.82) is 0 Å². The Kier molecular flexibility index (Phi) is 1.44. The number of aromatic nitrogens is 4. The van der Waals surface area contributed by atoms with Gasteiger partial charge in [-0.25, -0.2) is 4.68 Å². The minimum atomic E-state index is -0.0857. The van der Waals surface area contributed by atoms with E-state index >= 15 is 0 Å². The van der Waals surface area contributed by atoms with E-state index in [1.54, 1.807) is 0 Å². The van der Waals surface area contributed by atoms with Gasteiger partial charge in [0.05, 0.1) is 11.6 Å². The molecule has 5 heteroatoms. The van der Waals surface area contributed by atoms with Gasteiger partial charge >= 0.3 is 0 Å². The summed E-state index contributed by atoms with van der Waals surface area (Å²) in [6.07, 6.45) is 2.30. The third kappa shape index (κ3) is 1.01. The molecule has 0 spiro atoms. The summed E-state index contributed by atoms with van der Waals surface area (Å²) in [6, 6.07) is -0.0857. The third-order valence-electron chi connectivity index (χ3n) is 2.39. The van der Waals surface area contributed by atoms with Crippen molar-refractivity contribution in [3.8, 4) is 0 Å². The molecule has 0 amide bonds. The van der Waals surface area contributed by atoms with Gasteiger partial charge in [0.1, 0.15) is 0 Å². The van der Waals surface area contributed by atoms with Crippen molar-refractivity contribution in [1.82, 2.24) is 20.2 Å². The second-order valence-electron chi connectivity index (χ2n) is 3.73. The van der Waals surface area contributed by atoms with Crippen LogP contribution in [0.4, 0.5) is 0 Å². The molecule has 12 heavy (non-hydrogen) atoms. The Morgan fingerprint density at radius 1 is 1.58 bits per heavy atom. The van der Waals surface area contributed by atoms with Crippen LogP contribution in [0.25, 0.3) is 0 Å². The summed E-state index contributed by atoms with van der Waals surface area (Å²) in [5.41, 5.74) is 5.87. The quantitative estimate of drug-likeness (QED) is 0.683. The summed E-state index contributed by atoms with van der Waals surface area (Å²) < 4.78 is 1.86. The molecular formula is C7H13N5. The summed E-state index contributed by atoms with van der Waals surface area (Å²) in [5, 5.41) is 11.5. The number of rotatable bonds is 2. The maximum atomic E-state index is 5.72. The van der Waals surface area contributed by atoms with Gasteiger partial charge < -0.3 is 5.73 Å². The van der Waals surface area contributed by atoms with Crippen molar-refractivity contribution in [3.05, 3.63) is 5.82 Å². The molecule has 0 saturated heterocycles. The molecule has 1 fully saturated rings. The fourth-order valence-electron chi connectivity index (χ4n) is 1.26. The van der Waals surface area contributed by atoms with Gasteiger partial charge in [0.15, 0.2) is 5.82 Å². The average molecular weight is 167 g/mol. The Bertz CT molecular complexity index is 286. The van der Waals surface area contributed by atoms with E-state index in [0.717, 1.165) is 18.7 Å². The van der Waals surface area contributed by atoms with Crippen LogP contribution in [0.3, 0.4) is 0 Å². The summed E-state index contributed by atoms with van der Waals surface area (Å²) >= 11 is 0. The zero-order valence-corrected chi connectivity index (χ0v) is 7.36. The predicted molar refractivity (Wildman–Crippen MR) is 43.3 cm³/mol. The molecule has 0 aliphatic heterocycles. The van der Waals surface area contributed by atoms with E-state index in [4.69, 9.17) is 5.73 Å². The van der Waals surface area contributed by atoms with Crippen LogP contribution in [0, 0.1) is 0 Å². The van der Waals surface area contributed by atoms with Gasteiger partial charge in [-0.15, -0.1) is 5.10 Å². The standard InChI is InChI=1S/C7H13N5/c1-5(8)6-9-10-11-12(6)7(2)3-4-7/h5H,3-4,8H2,1-2H3. The van der Waals surface area contributed by atoms with Gasteiger partial charge in [-0.3, -0.25) is 0 Å². The minimum absolute atomic E-state index is 0.0857. The molecule has 1 aliphatic rings. The zero-order valence-electron chi connectivity index (χ0n) is 7.36. The maximum absolute atomic E-state index is 5.72. The Morgan fingerprint density at radius 2 is 2.25 bits per heavy atom. The fourth-order valence-corrected chi connectivity index (χ4v) is 1.26. The van der Waals surface area contributed by atoms with Crippen LogP contribution in [0.1, 0.15) is 38.6 Å². The van der Waals surface area contributed by atoms with Crippen LogP contribution < -0.4 is 5.73 Å². The lowest BCUT2D eigenvalue weighted by molar-refractivity contribution is 0.430. The molecule has 1 aromatic rings. The summed E-state index contributed by atoms with van der Waals surface area (Å²) in [4.78, 5) is 0. The van der Waals surface area contributed by atoms with Gasteiger partial charge in [-0.05, 0) is 37.1 Å². The van der Waals surface area contributed by atoms with Gasteiger partial charge in [-0.1, -0.05) is 0 Å². The molecule has 2 rings (SSSR count). The molecule has 0 bridgehead atoms. The monoisotopic (exact) mass is 167 g/mol. The average Bonchev–Trinajstić information content (AvgIpc) is 2.61. The van der Waals surface area contributed by atoms with E-state index in [-0.39, 0.29) is 11.6 Å². The lowest BCUT2D eigenvalue weighted by Crippen LogP contribution is -2.21. The van der Waals surface area contributed by atoms with Crippen LogP contribution in [0.5, 0.6) is 0 Å². The Labute approximate surface area is 70.9 Å². The van der Waals surface area contributed by atoms with Crippen LogP contribution in [-0.4, -0.2) is 20.2 Å². The number of tetrazole rings is 1. The van der Waals surface area contributed by atoms with E-state index in [1.807, 2.05) is 11.6 Å². The summed E-state index contributed by atoms with van der Waals surface area (Å²) in [7, 11) is 0. The largest absolute Gasteiger partial charge is 0.322 e. The molecule has 1 aliphatic carbocycles. The highest BCUT2D eigenvalue weighted by Crippen LogP contribution is 2.42. The van der Waals surface area contributed by atoms with Crippen LogP contribution in [0.15, 0.2) is 0 Å². The number of nitrogens with two attached hydrogens (primary N) is 1. The van der Waals surface area contributed by atoms with Crippen LogP contribution in [-0.2, 0) is 5.54 Å². The summed E-state index contributed by atoms with van der Waals surface area (Å²) in [6.45, 7) is 4.04. The van der Waals surface area contributed by atoms with E-state index in [0.29, 0.717) is 0 Å². The predicted octanol–water partition coefficient (Wildman–Crippen LogP) is 0.202. The Balaban J connectivity index is 2.37. The molecule has 2 N–H and O–H groups in total. The maximum Gasteiger partial charge on any atom is 0.168 e. The molecule has 0 aromatic carbocycles. The molecule has 1 saturated carbocycles. The highest BCUT2D eigenvalue weighted by Gasteiger charge is 2.42. The molecule has 1 heterocycles. The van der Waals surface area contributed by atoms with Gasteiger partial charge in [0.25, 0.3) is 0 Å². The zero-order chi connectivity index (χ0) is 8.77. The van der Waals surface area contributed by atoms with Crippen molar-refractivity contribution >= 4 is 0 Å². The Hall–Kier alpha value is -0.970. The third-order valence-corrected chi connectivity index (χ3v) is 2.39. The molecule has 66 valence electrons. The van der Waals surface area contributed by atoms with E-state index in [9.17, 15) is 0 Å². The Morgan fingerprint density at radius 3 is 2.75 bits per heavy atom. The first kappa shape index (κ1) is 7.67. The molecule has 1 atom stereocenters. The SMILES string of the molecule is CC(N)c1nnnn1C1(C)CC1. The topological polar surface area (TPSA) is 69.6 Å². The van der Waals surface area contributed by atoms with Crippen molar-refractivity contribution in [3.63, 3.8) is 0 Å². The van der Waals surface area contributed by atoms with Crippen molar-refractivity contribution in [2.24, 2.45) is 5.73 Å². The number of hydrogen-bond acceptors (Lipinski definition) is 4. The second kappa shape index (κ2) is 2.26. The van der Waals surface area contributed by atoms with Gasteiger partial charge in [0.2, 0.25) is 0 Å².